The minimum atomic E-state index is -4.49. The molecule has 0 aliphatic heterocycles. The van der Waals surface area contributed by atoms with Crippen molar-refractivity contribution >= 4 is 22.4 Å². The van der Waals surface area contributed by atoms with E-state index in [9.17, 15) is 21.6 Å². The first-order valence-electron chi connectivity index (χ1n) is 6.85. The molecule has 0 saturated carbocycles. The summed E-state index contributed by atoms with van der Waals surface area (Å²) in [6.07, 6.45) is -4.01. The van der Waals surface area contributed by atoms with Crippen molar-refractivity contribution < 1.29 is 21.6 Å². The summed E-state index contributed by atoms with van der Waals surface area (Å²) in [6, 6.07) is 3.33. The zero-order valence-electron chi connectivity index (χ0n) is 13.2. The Morgan fingerprint density at radius 1 is 1.17 bits per heavy atom. The van der Waals surface area contributed by atoms with Crippen LogP contribution >= 0.6 is 12.4 Å². The molecule has 0 radical (unpaired) electrons. The van der Waals surface area contributed by atoms with Crippen molar-refractivity contribution in [2.75, 3.05) is 13.6 Å². The van der Waals surface area contributed by atoms with Crippen molar-refractivity contribution in [3.8, 4) is 0 Å². The van der Waals surface area contributed by atoms with E-state index in [1.807, 2.05) is 13.8 Å². The van der Waals surface area contributed by atoms with Gasteiger partial charge in [0.25, 0.3) is 0 Å². The van der Waals surface area contributed by atoms with Gasteiger partial charge in [0.05, 0.1) is 10.5 Å². The molecule has 0 heterocycles. The third kappa shape index (κ3) is 5.95. The molecule has 0 fully saturated rings. The lowest BCUT2D eigenvalue weighted by Gasteiger charge is -2.21. The Balaban J connectivity index is 0.00000484. The van der Waals surface area contributed by atoms with Crippen molar-refractivity contribution in [3.63, 3.8) is 0 Å². The van der Waals surface area contributed by atoms with Crippen LogP contribution in [0.4, 0.5) is 13.2 Å². The Labute approximate surface area is 141 Å². The van der Waals surface area contributed by atoms with Crippen LogP contribution in [-0.2, 0) is 16.2 Å². The number of benzene rings is 1. The van der Waals surface area contributed by atoms with Crippen molar-refractivity contribution in [3.05, 3.63) is 29.8 Å². The highest BCUT2D eigenvalue weighted by atomic mass is 35.5. The topological polar surface area (TPSA) is 63.4 Å². The van der Waals surface area contributed by atoms with Gasteiger partial charge < -0.3 is 5.73 Å². The number of sulfonamides is 1. The van der Waals surface area contributed by atoms with Crippen LogP contribution in [0.2, 0.25) is 0 Å². The molecule has 1 atom stereocenters. The van der Waals surface area contributed by atoms with Gasteiger partial charge in [0.1, 0.15) is 0 Å². The monoisotopic (exact) mass is 374 g/mol. The van der Waals surface area contributed by atoms with Gasteiger partial charge >= 0.3 is 6.18 Å². The van der Waals surface area contributed by atoms with Gasteiger partial charge in [0, 0.05) is 19.6 Å². The molecule has 0 spiro atoms. The summed E-state index contributed by atoms with van der Waals surface area (Å²) in [6.45, 7) is 4.09. The summed E-state index contributed by atoms with van der Waals surface area (Å²) in [5.74, 6) is 0.224. The number of nitrogens with two attached hydrogens (primary N) is 1. The van der Waals surface area contributed by atoms with E-state index in [-0.39, 0.29) is 35.8 Å². The molecule has 1 rings (SSSR count). The number of hydrogen-bond acceptors (Lipinski definition) is 3. The van der Waals surface area contributed by atoms with E-state index in [0.717, 1.165) is 28.6 Å². The number of alkyl halides is 3. The average Bonchev–Trinajstić information content (AvgIpc) is 2.43. The standard InChI is InChI=1S/C14H21F3N2O2S.ClH/c1-10(2)13(18)8-9-19(3)22(20,21)12-6-4-11(5-7-12)14(15,16)17;/h4-7,10,13H,8-9,18H2,1-3H3;1H. The van der Waals surface area contributed by atoms with E-state index in [4.69, 9.17) is 5.73 Å². The van der Waals surface area contributed by atoms with Crippen LogP contribution in [0.3, 0.4) is 0 Å². The Morgan fingerprint density at radius 2 is 1.65 bits per heavy atom. The third-order valence-corrected chi connectivity index (χ3v) is 5.39. The van der Waals surface area contributed by atoms with Crippen LogP contribution in [-0.4, -0.2) is 32.4 Å². The van der Waals surface area contributed by atoms with E-state index in [0.29, 0.717) is 6.42 Å². The summed E-state index contributed by atoms with van der Waals surface area (Å²) in [4.78, 5) is -0.166. The number of rotatable bonds is 6. The van der Waals surface area contributed by atoms with Crippen LogP contribution in [0.1, 0.15) is 25.8 Å². The number of hydrogen-bond donors (Lipinski definition) is 1. The summed E-state index contributed by atoms with van der Waals surface area (Å²) in [7, 11) is -2.42. The van der Waals surface area contributed by atoms with Gasteiger partial charge in [-0.05, 0) is 36.6 Å². The molecule has 0 bridgehead atoms. The Bertz CT molecular complexity index is 589. The summed E-state index contributed by atoms with van der Waals surface area (Å²) >= 11 is 0. The zero-order valence-corrected chi connectivity index (χ0v) is 14.8. The number of nitrogens with zero attached hydrogens (tertiary/aromatic N) is 1. The number of halogens is 4. The van der Waals surface area contributed by atoms with Crippen LogP contribution in [0.25, 0.3) is 0 Å². The van der Waals surface area contributed by atoms with Crippen molar-refractivity contribution in [2.45, 2.75) is 37.4 Å². The van der Waals surface area contributed by atoms with E-state index in [1.54, 1.807) is 0 Å². The third-order valence-electron chi connectivity index (χ3n) is 3.52. The predicted molar refractivity (Wildman–Crippen MR) is 85.9 cm³/mol. The molecule has 1 aromatic rings. The lowest BCUT2D eigenvalue weighted by atomic mass is 10.0. The molecule has 134 valence electrons. The molecule has 0 aromatic heterocycles. The molecule has 4 nitrogen and oxygen atoms in total. The average molecular weight is 375 g/mol. The van der Waals surface area contributed by atoms with E-state index >= 15 is 0 Å². The van der Waals surface area contributed by atoms with Crippen LogP contribution < -0.4 is 5.73 Å². The SMILES string of the molecule is CC(C)C(N)CCN(C)S(=O)(=O)c1ccc(C(F)(F)F)cc1.Cl. The highest BCUT2D eigenvalue weighted by molar-refractivity contribution is 7.89. The fraction of sp³-hybridized carbons (Fsp3) is 0.571. The van der Waals surface area contributed by atoms with Gasteiger partial charge in [-0.15, -0.1) is 12.4 Å². The summed E-state index contributed by atoms with van der Waals surface area (Å²) < 4.78 is 63.1. The molecular formula is C14H22ClF3N2O2S. The molecule has 1 aromatic carbocycles. The highest BCUT2D eigenvalue weighted by Gasteiger charge is 2.31. The molecule has 0 amide bonds. The first-order chi connectivity index (χ1) is 9.96. The first kappa shape index (κ1) is 22.2. The van der Waals surface area contributed by atoms with Crippen LogP contribution in [0.5, 0.6) is 0 Å². The first-order valence-corrected chi connectivity index (χ1v) is 8.29. The Morgan fingerprint density at radius 3 is 2.04 bits per heavy atom. The maximum atomic E-state index is 12.5. The fourth-order valence-electron chi connectivity index (χ4n) is 1.78. The van der Waals surface area contributed by atoms with Crippen molar-refractivity contribution in [1.82, 2.24) is 4.31 Å². The minimum Gasteiger partial charge on any atom is -0.327 e. The van der Waals surface area contributed by atoms with Gasteiger partial charge in [-0.25, -0.2) is 12.7 Å². The van der Waals surface area contributed by atoms with Crippen molar-refractivity contribution in [1.29, 1.82) is 0 Å². The largest absolute Gasteiger partial charge is 0.416 e. The smallest absolute Gasteiger partial charge is 0.327 e. The van der Waals surface area contributed by atoms with Gasteiger partial charge in [0.15, 0.2) is 0 Å². The maximum absolute atomic E-state index is 12.5. The van der Waals surface area contributed by atoms with Crippen LogP contribution in [0, 0.1) is 5.92 Å². The Hall–Kier alpha value is -0.830. The van der Waals surface area contributed by atoms with E-state index in [1.165, 1.54) is 7.05 Å². The van der Waals surface area contributed by atoms with E-state index < -0.39 is 21.8 Å². The highest BCUT2D eigenvalue weighted by Crippen LogP contribution is 2.30. The normalized spacial score (nSPS) is 14.0. The molecule has 0 aliphatic rings. The molecular weight excluding hydrogens is 353 g/mol. The quantitative estimate of drug-likeness (QED) is 0.832. The van der Waals surface area contributed by atoms with Gasteiger partial charge in [0.2, 0.25) is 10.0 Å². The summed E-state index contributed by atoms with van der Waals surface area (Å²) in [5, 5.41) is 0. The van der Waals surface area contributed by atoms with E-state index in [2.05, 4.69) is 0 Å². The minimum absolute atomic E-state index is 0. The lowest BCUT2D eigenvalue weighted by molar-refractivity contribution is -0.137. The molecule has 9 heteroatoms. The van der Waals surface area contributed by atoms with Gasteiger partial charge in [-0.2, -0.15) is 13.2 Å². The summed E-state index contributed by atoms with van der Waals surface area (Å²) in [5.41, 5.74) is 4.99. The van der Waals surface area contributed by atoms with Crippen LogP contribution in [0.15, 0.2) is 29.2 Å². The second-order valence-electron chi connectivity index (χ2n) is 5.55. The second-order valence-corrected chi connectivity index (χ2v) is 7.59. The molecule has 0 saturated heterocycles. The second kappa shape index (κ2) is 8.32. The van der Waals surface area contributed by atoms with Gasteiger partial charge in [-0.3, -0.25) is 0 Å². The predicted octanol–water partition coefficient (Wildman–Crippen LogP) is 3.12. The fourth-order valence-corrected chi connectivity index (χ4v) is 2.97. The van der Waals surface area contributed by atoms with Crippen molar-refractivity contribution in [2.24, 2.45) is 11.7 Å². The molecule has 0 aliphatic carbocycles. The maximum Gasteiger partial charge on any atom is 0.416 e. The molecule has 23 heavy (non-hydrogen) atoms. The zero-order chi connectivity index (χ0) is 17.1. The van der Waals surface area contributed by atoms with Gasteiger partial charge in [-0.1, -0.05) is 13.8 Å². The Kier molecular flexibility index (Phi) is 8.02. The molecule has 2 N–H and O–H groups in total. The lowest BCUT2D eigenvalue weighted by Crippen LogP contribution is -2.34. The molecule has 1 unspecified atom stereocenters.